The predicted molar refractivity (Wildman–Crippen MR) is 121 cm³/mol. The fourth-order valence-corrected chi connectivity index (χ4v) is 3.53. The van der Waals surface area contributed by atoms with Crippen molar-refractivity contribution in [3.63, 3.8) is 0 Å². The highest BCUT2D eigenvalue weighted by molar-refractivity contribution is 14.0. The van der Waals surface area contributed by atoms with Gasteiger partial charge in [-0.25, -0.2) is 9.67 Å². The minimum Gasteiger partial charge on any atom is -0.461 e. The van der Waals surface area contributed by atoms with E-state index in [0.717, 1.165) is 66.7 Å². The predicted octanol–water partition coefficient (Wildman–Crippen LogP) is 3.58. The zero-order chi connectivity index (χ0) is 18.6. The van der Waals surface area contributed by atoms with Crippen LogP contribution in [0.4, 0.5) is 0 Å². The average Bonchev–Trinajstić information content (AvgIpc) is 3.24. The molecule has 2 aromatic heterocycles. The Bertz CT molecular complexity index is 914. The molecule has 7 nitrogen and oxygen atoms in total. The molecule has 28 heavy (non-hydrogen) atoms. The largest absolute Gasteiger partial charge is 0.461 e. The Labute approximate surface area is 182 Å². The van der Waals surface area contributed by atoms with Crippen LogP contribution in [0.3, 0.4) is 0 Å². The normalized spacial score (nSPS) is 16.5. The Hall–Kier alpha value is -2.10. The van der Waals surface area contributed by atoms with Crippen molar-refractivity contribution in [2.45, 2.75) is 45.7 Å². The third kappa shape index (κ3) is 4.65. The van der Waals surface area contributed by atoms with Crippen LogP contribution >= 0.6 is 24.0 Å². The van der Waals surface area contributed by atoms with E-state index in [1.807, 2.05) is 29.8 Å². The molecule has 3 heterocycles. The average molecular weight is 494 g/mol. The highest BCUT2D eigenvalue weighted by Crippen LogP contribution is 2.23. The zero-order valence-corrected chi connectivity index (χ0v) is 18.6. The monoisotopic (exact) mass is 494 g/mol. The van der Waals surface area contributed by atoms with Crippen LogP contribution in [0, 0.1) is 6.92 Å². The van der Waals surface area contributed by atoms with Crippen molar-refractivity contribution in [3.05, 3.63) is 47.7 Å². The molecule has 1 aliphatic heterocycles. The van der Waals surface area contributed by atoms with E-state index in [2.05, 4.69) is 39.8 Å². The number of aryl methyl sites for hydroxylation is 2. The van der Waals surface area contributed by atoms with Gasteiger partial charge in [0.05, 0.1) is 6.04 Å². The number of nitrogens with zero attached hydrogens (tertiary/aromatic N) is 4. The quantitative estimate of drug-likeness (QED) is 0.322. The van der Waals surface area contributed by atoms with E-state index in [1.54, 1.807) is 0 Å². The molecule has 0 aliphatic carbocycles. The summed E-state index contributed by atoms with van der Waals surface area (Å²) < 4.78 is 7.89. The maximum atomic E-state index is 5.88. The summed E-state index contributed by atoms with van der Waals surface area (Å²) in [6.45, 7) is 6.43. The number of hydrogen-bond donors (Lipinski definition) is 2. The molecule has 1 atom stereocenters. The van der Waals surface area contributed by atoms with Crippen molar-refractivity contribution in [2.24, 2.45) is 4.99 Å². The number of furan rings is 1. The molecule has 1 unspecified atom stereocenters. The summed E-state index contributed by atoms with van der Waals surface area (Å²) in [7, 11) is 0. The molecule has 3 aromatic rings. The number of rotatable bonds is 5. The Morgan fingerprint density at radius 3 is 3.04 bits per heavy atom. The van der Waals surface area contributed by atoms with Crippen molar-refractivity contribution >= 4 is 40.9 Å². The van der Waals surface area contributed by atoms with Gasteiger partial charge in [-0.1, -0.05) is 18.2 Å². The van der Waals surface area contributed by atoms with Crippen molar-refractivity contribution < 1.29 is 4.42 Å². The summed E-state index contributed by atoms with van der Waals surface area (Å²) in [5.74, 6) is 3.60. The number of guanidine groups is 1. The number of benzene rings is 1. The molecule has 1 aromatic carbocycles. The van der Waals surface area contributed by atoms with Crippen molar-refractivity contribution in [2.75, 3.05) is 13.1 Å². The highest BCUT2D eigenvalue weighted by atomic mass is 127. The van der Waals surface area contributed by atoms with Gasteiger partial charge in [0.15, 0.2) is 5.96 Å². The van der Waals surface area contributed by atoms with Crippen LogP contribution in [0.25, 0.3) is 11.0 Å². The van der Waals surface area contributed by atoms with Crippen LogP contribution in [-0.4, -0.2) is 33.8 Å². The van der Waals surface area contributed by atoms with E-state index in [4.69, 9.17) is 9.41 Å². The summed E-state index contributed by atoms with van der Waals surface area (Å²) in [6.07, 6.45) is 2.89. The van der Waals surface area contributed by atoms with Crippen LogP contribution in [0.2, 0.25) is 0 Å². The van der Waals surface area contributed by atoms with Crippen molar-refractivity contribution in [1.29, 1.82) is 0 Å². The fraction of sp³-hybridized carbons (Fsp3) is 0.450. The van der Waals surface area contributed by atoms with Gasteiger partial charge < -0.3 is 15.1 Å². The third-order valence-corrected chi connectivity index (χ3v) is 4.74. The number of hydrogen-bond acceptors (Lipinski definition) is 4. The number of aliphatic imine (C=N–C) groups is 1. The van der Waals surface area contributed by atoms with Crippen LogP contribution in [-0.2, 0) is 13.0 Å². The molecular weight excluding hydrogens is 467 g/mol. The minimum atomic E-state index is 0. The number of fused-ring (bicyclic) bond motifs is 2. The molecule has 0 fully saturated rings. The molecule has 150 valence electrons. The van der Waals surface area contributed by atoms with Gasteiger partial charge in [0.25, 0.3) is 0 Å². The first-order valence-corrected chi connectivity index (χ1v) is 9.66. The molecule has 0 saturated carbocycles. The lowest BCUT2D eigenvalue weighted by Gasteiger charge is -2.25. The first kappa shape index (κ1) is 20.6. The summed E-state index contributed by atoms with van der Waals surface area (Å²) >= 11 is 0. The van der Waals surface area contributed by atoms with Gasteiger partial charge in [0.1, 0.15) is 23.0 Å². The number of para-hydroxylation sites is 1. The van der Waals surface area contributed by atoms with Crippen LogP contribution in [0.5, 0.6) is 0 Å². The van der Waals surface area contributed by atoms with Gasteiger partial charge in [0, 0.05) is 31.4 Å². The van der Waals surface area contributed by atoms with E-state index >= 15 is 0 Å². The second-order valence-electron chi connectivity index (χ2n) is 6.84. The highest BCUT2D eigenvalue weighted by Gasteiger charge is 2.24. The zero-order valence-electron chi connectivity index (χ0n) is 16.3. The first-order valence-electron chi connectivity index (χ1n) is 9.66. The van der Waals surface area contributed by atoms with Crippen molar-refractivity contribution in [1.82, 2.24) is 25.4 Å². The van der Waals surface area contributed by atoms with Gasteiger partial charge in [-0.3, -0.25) is 4.99 Å². The smallest absolute Gasteiger partial charge is 0.191 e. The number of halogens is 1. The Balaban J connectivity index is 0.00000225. The summed E-state index contributed by atoms with van der Waals surface area (Å²) in [5.41, 5.74) is 0.929. The van der Waals surface area contributed by atoms with E-state index < -0.39 is 0 Å². The molecule has 2 N–H and O–H groups in total. The summed E-state index contributed by atoms with van der Waals surface area (Å²) in [6, 6.07) is 10.3. The van der Waals surface area contributed by atoms with E-state index in [9.17, 15) is 0 Å². The molecule has 0 bridgehead atoms. The van der Waals surface area contributed by atoms with Gasteiger partial charge in [-0.15, -0.1) is 24.0 Å². The van der Waals surface area contributed by atoms with Gasteiger partial charge in [0.2, 0.25) is 0 Å². The molecule has 0 radical (unpaired) electrons. The number of aromatic nitrogens is 3. The second kappa shape index (κ2) is 9.40. The van der Waals surface area contributed by atoms with E-state index in [1.165, 1.54) is 0 Å². The van der Waals surface area contributed by atoms with E-state index in [-0.39, 0.29) is 30.0 Å². The standard InChI is InChI=1S/C20H26N6O.HI/c1-3-21-20(24-17-8-6-12-26-19(17)23-14(2)25-26)22-11-10-16-13-15-7-4-5-9-18(15)27-16;/h4-5,7,9,13,17H,3,6,8,10-12H2,1-2H3,(H2,21,22,24);1H. The lowest BCUT2D eigenvalue weighted by molar-refractivity contribution is 0.397. The molecule has 0 amide bonds. The van der Waals surface area contributed by atoms with E-state index in [0.29, 0.717) is 6.54 Å². The van der Waals surface area contributed by atoms with Gasteiger partial charge >= 0.3 is 0 Å². The van der Waals surface area contributed by atoms with Crippen molar-refractivity contribution in [3.8, 4) is 0 Å². The SMILES string of the molecule is CCNC(=NCCc1cc2ccccc2o1)NC1CCCn2nc(C)nc21.I. The topological polar surface area (TPSA) is 80.3 Å². The fourth-order valence-electron chi connectivity index (χ4n) is 3.53. The molecular formula is C20H27IN6O. The molecule has 8 heteroatoms. The first-order chi connectivity index (χ1) is 13.2. The van der Waals surface area contributed by atoms with Crippen LogP contribution in [0.15, 0.2) is 39.7 Å². The maximum Gasteiger partial charge on any atom is 0.191 e. The summed E-state index contributed by atoms with van der Waals surface area (Å²) in [4.78, 5) is 9.32. The minimum absolute atomic E-state index is 0. The Morgan fingerprint density at radius 1 is 1.36 bits per heavy atom. The third-order valence-electron chi connectivity index (χ3n) is 4.74. The van der Waals surface area contributed by atoms with Gasteiger partial charge in [-0.2, -0.15) is 5.10 Å². The summed E-state index contributed by atoms with van der Waals surface area (Å²) in [5, 5.41) is 12.5. The maximum absolute atomic E-state index is 5.88. The Morgan fingerprint density at radius 2 is 2.21 bits per heavy atom. The van der Waals surface area contributed by atoms with Crippen LogP contribution < -0.4 is 10.6 Å². The molecule has 0 spiro atoms. The lowest BCUT2D eigenvalue weighted by atomic mass is 10.1. The van der Waals surface area contributed by atoms with Crippen LogP contribution in [0.1, 0.15) is 43.2 Å². The second-order valence-corrected chi connectivity index (χ2v) is 6.84. The Kier molecular flexibility index (Phi) is 6.93. The lowest BCUT2D eigenvalue weighted by Crippen LogP contribution is -2.41. The molecule has 4 rings (SSSR count). The van der Waals surface area contributed by atoms with Gasteiger partial charge in [-0.05, 0) is 38.8 Å². The molecule has 1 aliphatic rings. The molecule has 0 saturated heterocycles. The number of nitrogens with one attached hydrogen (secondary N) is 2.